The standard InChI is InChI=1S/C19H29N5O4/c1-13-18(22-28-21-13)19(26)20-8-16-11-24(17(25)12-27-16)10-15-4-6-23(7-5-15)9-14-2-3-14/h14-16H,2-12H2,1H3,(H,20,26)/t16-/m0/s1. The molecule has 1 saturated carbocycles. The zero-order valence-corrected chi connectivity index (χ0v) is 16.4. The van der Waals surface area contributed by atoms with Gasteiger partial charge in [-0.05, 0) is 62.7 Å². The third-order valence-corrected chi connectivity index (χ3v) is 5.98. The molecule has 4 rings (SSSR count). The van der Waals surface area contributed by atoms with E-state index in [4.69, 9.17) is 4.74 Å². The largest absolute Gasteiger partial charge is 0.365 e. The lowest BCUT2D eigenvalue weighted by Gasteiger charge is -2.38. The first-order valence-corrected chi connectivity index (χ1v) is 10.3. The molecule has 1 atom stereocenters. The molecule has 0 radical (unpaired) electrons. The Labute approximate surface area is 164 Å². The number of carbonyl (C=O) groups is 2. The number of ether oxygens (including phenoxy) is 1. The summed E-state index contributed by atoms with van der Waals surface area (Å²) in [5.74, 6) is 1.19. The Morgan fingerprint density at radius 3 is 2.57 bits per heavy atom. The van der Waals surface area contributed by atoms with Crippen molar-refractivity contribution in [3.8, 4) is 0 Å². The summed E-state index contributed by atoms with van der Waals surface area (Å²) in [4.78, 5) is 28.9. The molecule has 3 aliphatic rings. The highest BCUT2D eigenvalue weighted by atomic mass is 16.6. The molecule has 1 N–H and O–H groups in total. The molecule has 1 aromatic heterocycles. The van der Waals surface area contributed by atoms with E-state index in [9.17, 15) is 9.59 Å². The monoisotopic (exact) mass is 391 g/mol. The van der Waals surface area contributed by atoms with Gasteiger partial charge in [-0.1, -0.05) is 5.16 Å². The number of aromatic nitrogens is 2. The van der Waals surface area contributed by atoms with Crippen molar-refractivity contribution in [2.45, 2.75) is 38.7 Å². The number of morpholine rings is 1. The first-order valence-electron chi connectivity index (χ1n) is 10.3. The first kappa shape index (κ1) is 19.3. The van der Waals surface area contributed by atoms with Crippen LogP contribution in [0.25, 0.3) is 0 Å². The highest BCUT2D eigenvalue weighted by molar-refractivity contribution is 5.93. The predicted octanol–water partition coefficient (Wildman–Crippen LogP) is 0.457. The molecule has 3 fully saturated rings. The van der Waals surface area contributed by atoms with E-state index in [-0.39, 0.29) is 30.2 Å². The van der Waals surface area contributed by atoms with Gasteiger partial charge in [0.15, 0.2) is 5.69 Å². The molecule has 0 bridgehead atoms. The maximum atomic E-state index is 12.3. The number of nitrogens with one attached hydrogen (secondary N) is 1. The number of nitrogens with zero attached hydrogens (tertiary/aromatic N) is 4. The zero-order valence-electron chi connectivity index (χ0n) is 16.4. The molecule has 9 heteroatoms. The summed E-state index contributed by atoms with van der Waals surface area (Å²) in [6, 6.07) is 0. The van der Waals surface area contributed by atoms with Crippen LogP contribution in [0.5, 0.6) is 0 Å². The summed E-state index contributed by atoms with van der Waals surface area (Å²) in [6.45, 7) is 6.91. The van der Waals surface area contributed by atoms with Gasteiger partial charge in [0.05, 0.1) is 6.10 Å². The van der Waals surface area contributed by atoms with Gasteiger partial charge < -0.3 is 19.9 Å². The average molecular weight is 391 g/mol. The van der Waals surface area contributed by atoms with Crippen molar-refractivity contribution in [3.05, 3.63) is 11.4 Å². The number of likely N-dealkylation sites (tertiary alicyclic amines) is 1. The SMILES string of the molecule is Cc1nonc1C(=O)NC[C@H]1CN(CC2CCN(CC3CC3)CC2)C(=O)CO1. The first-order chi connectivity index (χ1) is 13.6. The third-order valence-electron chi connectivity index (χ3n) is 5.98. The van der Waals surface area contributed by atoms with Crippen LogP contribution in [0.3, 0.4) is 0 Å². The maximum absolute atomic E-state index is 12.3. The lowest BCUT2D eigenvalue weighted by molar-refractivity contribution is -0.149. The minimum atomic E-state index is -0.339. The Morgan fingerprint density at radius 1 is 1.14 bits per heavy atom. The maximum Gasteiger partial charge on any atom is 0.275 e. The van der Waals surface area contributed by atoms with Gasteiger partial charge in [-0.15, -0.1) is 0 Å². The second kappa shape index (κ2) is 8.57. The molecule has 1 aliphatic carbocycles. The van der Waals surface area contributed by atoms with Crippen molar-refractivity contribution in [3.63, 3.8) is 0 Å². The van der Waals surface area contributed by atoms with Crippen molar-refractivity contribution in [1.29, 1.82) is 0 Å². The van der Waals surface area contributed by atoms with E-state index < -0.39 is 0 Å². The Morgan fingerprint density at radius 2 is 1.89 bits per heavy atom. The Balaban J connectivity index is 1.21. The Hall–Kier alpha value is -2.00. The predicted molar refractivity (Wildman–Crippen MR) is 99.6 cm³/mol. The number of piperidine rings is 1. The Bertz CT molecular complexity index is 696. The van der Waals surface area contributed by atoms with Crippen LogP contribution in [0.2, 0.25) is 0 Å². The smallest absolute Gasteiger partial charge is 0.275 e. The summed E-state index contributed by atoms with van der Waals surface area (Å²) < 4.78 is 10.2. The van der Waals surface area contributed by atoms with Gasteiger partial charge in [-0.2, -0.15) is 0 Å². The molecule has 2 aliphatic heterocycles. The van der Waals surface area contributed by atoms with Crippen molar-refractivity contribution in [2.24, 2.45) is 11.8 Å². The van der Waals surface area contributed by atoms with Crippen molar-refractivity contribution in [1.82, 2.24) is 25.4 Å². The second-order valence-corrected chi connectivity index (χ2v) is 8.33. The van der Waals surface area contributed by atoms with Crippen LogP contribution in [0.1, 0.15) is 41.9 Å². The number of rotatable bonds is 7. The van der Waals surface area contributed by atoms with E-state index >= 15 is 0 Å². The van der Waals surface area contributed by atoms with Crippen LogP contribution in [0.15, 0.2) is 4.63 Å². The van der Waals surface area contributed by atoms with Crippen LogP contribution < -0.4 is 5.32 Å². The number of hydrogen-bond acceptors (Lipinski definition) is 7. The van der Waals surface area contributed by atoms with Crippen LogP contribution >= 0.6 is 0 Å². The van der Waals surface area contributed by atoms with Crippen LogP contribution in [0, 0.1) is 18.8 Å². The molecule has 0 aromatic carbocycles. The van der Waals surface area contributed by atoms with Crippen molar-refractivity contribution < 1.29 is 19.0 Å². The molecule has 2 amide bonds. The van der Waals surface area contributed by atoms with E-state index in [1.807, 2.05) is 4.90 Å². The lowest BCUT2D eigenvalue weighted by atomic mass is 9.95. The summed E-state index contributed by atoms with van der Waals surface area (Å²) in [5.41, 5.74) is 0.633. The molecule has 154 valence electrons. The third kappa shape index (κ3) is 4.88. The van der Waals surface area contributed by atoms with Gasteiger partial charge in [0.2, 0.25) is 5.91 Å². The lowest BCUT2D eigenvalue weighted by Crippen LogP contribution is -2.52. The van der Waals surface area contributed by atoms with Crippen LogP contribution in [0.4, 0.5) is 0 Å². The van der Waals surface area contributed by atoms with Crippen molar-refractivity contribution in [2.75, 3.05) is 45.9 Å². The van der Waals surface area contributed by atoms with Gasteiger partial charge in [-0.25, -0.2) is 4.63 Å². The van der Waals surface area contributed by atoms with Crippen LogP contribution in [-0.2, 0) is 9.53 Å². The van der Waals surface area contributed by atoms with Crippen LogP contribution in [-0.4, -0.2) is 83.9 Å². The fraction of sp³-hybridized carbons (Fsp3) is 0.789. The number of carbonyl (C=O) groups excluding carboxylic acids is 2. The molecule has 0 spiro atoms. The summed E-state index contributed by atoms with van der Waals surface area (Å²) in [6.07, 6.45) is 4.88. The van der Waals surface area contributed by atoms with Gasteiger partial charge in [-0.3, -0.25) is 9.59 Å². The molecule has 1 aromatic rings. The topological polar surface area (TPSA) is 101 Å². The fourth-order valence-corrected chi connectivity index (χ4v) is 4.04. The van der Waals surface area contributed by atoms with Crippen molar-refractivity contribution >= 4 is 11.8 Å². The number of hydrogen-bond donors (Lipinski definition) is 1. The minimum absolute atomic E-state index is 0.0412. The van der Waals surface area contributed by atoms with Gasteiger partial charge in [0.25, 0.3) is 5.91 Å². The highest BCUT2D eigenvalue weighted by Gasteiger charge is 2.31. The second-order valence-electron chi connectivity index (χ2n) is 8.33. The zero-order chi connectivity index (χ0) is 19.5. The highest BCUT2D eigenvalue weighted by Crippen LogP contribution is 2.31. The van der Waals surface area contributed by atoms with E-state index in [0.717, 1.165) is 38.4 Å². The summed E-state index contributed by atoms with van der Waals surface area (Å²) in [5, 5.41) is 10.0. The van der Waals surface area contributed by atoms with E-state index in [0.29, 0.717) is 24.7 Å². The van der Waals surface area contributed by atoms with E-state index in [2.05, 4.69) is 25.2 Å². The molecule has 3 heterocycles. The molecular weight excluding hydrogens is 362 g/mol. The molecule has 28 heavy (non-hydrogen) atoms. The average Bonchev–Trinajstić information content (AvgIpc) is 3.41. The fourth-order valence-electron chi connectivity index (χ4n) is 4.04. The molecule has 9 nitrogen and oxygen atoms in total. The van der Waals surface area contributed by atoms with Gasteiger partial charge in [0, 0.05) is 26.2 Å². The normalized spacial score (nSPS) is 24.5. The molecule has 2 saturated heterocycles. The molecule has 0 unspecified atom stereocenters. The summed E-state index contributed by atoms with van der Waals surface area (Å²) >= 11 is 0. The van der Waals surface area contributed by atoms with E-state index in [1.165, 1.54) is 19.4 Å². The minimum Gasteiger partial charge on any atom is -0.365 e. The number of amides is 2. The molecular formula is C19H29N5O4. The Kier molecular flexibility index (Phi) is 5.91. The van der Waals surface area contributed by atoms with Gasteiger partial charge in [0.1, 0.15) is 12.3 Å². The number of aryl methyl sites for hydroxylation is 1. The van der Waals surface area contributed by atoms with E-state index in [1.54, 1.807) is 6.92 Å². The quantitative estimate of drug-likeness (QED) is 0.720. The van der Waals surface area contributed by atoms with Gasteiger partial charge >= 0.3 is 0 Å². The summed E-state index contributed by atoms with van der Waals surface area (Å²) in [7, 11) is 0.